The van der Waals surface area contributed by atoms with Crippen LogP contribution in [-0.2, 0) is 4.74 Å². The van der Waals surface area contributed by atoms with E-state index in [1.54, 1.807) is 24.5 Å². The van der Waals surface area contributed by atoms with Gasteiger partial charge in [-0.05, 0) is 49.2 Å². The van der Waals surface area contributed by atoms with E-state index in [0.717, 1.165) is 44.6 Å². The second kappa shape index (κ2) is 13.6. The number of aliphatic hydroxyl groups excluding tert-OH is 1. The Hall–Kier alpha value is -1.57. The molecule has 0 radical (unpaired) electrons. The lowest BCUT2D eigenvalue weighted by molar-refractivity contribution is 0.0969. The molecular weight excluding hydrogens is 413 g/mol. The summed E-state index contributed by atoms with van der Waals surface area (Å²) in [6.07, 6.45) is 7.01. The highest BCUT2D eigenvalue weighted by Crippen LogP contribution is 2.31. The van der Waals surface area contributed by atoms with Gasteiger partial charge >= 0.3 is 0 Å². The summed E-state index contributed by atoms with van der Waals surface area (Å²) in [7, 11) is 0. The fourth-order valence-corrected chi connectivity index (χ4v) is 3.22. The van der Waals surface area contributed by atoms with Crippen LogP contribution < -0.4 is 15.8 Å². The molecule has 160 valence electrons. The summed E-state index contributed by atoms with van der Waals surface area (Å²) < 4.78 is 11.1. The maximum Gasteiger partial charge on any atom is 0.137 e. The number of unbranched alkanes of at least 4 members (excludes halogenated alkanes) is 3. The molecule has 1 unspecified atom stereocenters. The third-order valence-corrected chi connectivity index (χ3v) is 4.97. The van der Waals surface area contributed by atoms with Gasteiger partial charge in [0.1, 0.15) is 12.4 Å². The van der Waals surface area contributed by atoms with E-state index >= 15 is 0 Å². The molecule has 2 rings (SSSR count). The van der Waals surface area contributed by atoms with Crippen molar-refractivity contribution in [2.75, 3.05) is 38.6 Å². The number of benzene rings is 1. The second-order valence-electron chi connectivity index (χ2n) is 6.68. The van der Waals surface area contributed by atoms with Gasteiger partial charge in [-0.2, -0.15) is 0 Å². The molecule has 2 aromatic rings. The van der Waals surface area contributed by atoms with Crippen molar-refractivity contribution in [3.63, 3.8) is 0 Å². The Morgan fingerprint density at radius 2 is 1.83 bits per heavy atom. The zero-order valence-corrected chi connectivity index (χ0v) is 18.0. The lowest BCUT2D eigenvalue weighted by Crippen LogP contribution is -2.22. The van der Waals surface area contributed by atoms with Crippen LogP contribution in [0, 0.1) is 0 Å². The van der Waals surface area contributed by atoms with E-state index in [-0.39, 0.29) is 0 Å². The number of nitrogen functional groups attached to an aromatic ring is 1. The largest absolute Gasteiger partial charge is 0.490 e. The van der Waals surface area contributed by atoms with Crippen molar-refractivity contribution >= 4 is 28.9 Å². The number of nitrogens with one attached hydrogen (secondary N) is 1. The molecule has 0 aliphatic carbocycles. The summed E-state index contributed by atoms with van der Waals surface area (Å²) in [6, 6.07) is 7.02. The van der Waals surface area contributed by atoms with Crippen LogP contribution in [0.1, 0.15) is 37.4 Å². The first-order chi connectivity index (χ1) is 14.1. The third-order valence-electron chi connectivity index (χ3n) is 4.35. The predicted molar refractivity (Wildman–Crippen MR) is 118 cm³/mol. The molecule has 0 aliphatic heterocycles. The van der Waals surface area contributed by atoms with Crippen molar-refractivity contribution in [2.45, 2.75) is 31.8 Å². The molecule has 1 aromatic carbocycles. The van der Waals surface area contributed by atoms with Crippen LogP contribution in [0.15, 0.2) is 36.7 Å². The summed E-state index contributed by atoms with van der Waals surface area (Å²) in [5, 5.41) is 14.2. The number of hydrogen-bond acceptors (Lipinski definition) is 6. The lowest BCUT2D eigenvalue weighted by Gasteiger charge is -2.14. The van der Waals surface area contributed by atoms with Crippen molar-refractivity contribution in [1.82, 2.24) is 10.3 Å². The fourth-order valence-electron chi connectivity index (χ4n) is 2.71. The Kier molecular flexibility index (Phi) is 11.1. The Morgan fingerprint density at radius 1 is 1.07 bits per heavy atom. The molecule has 0 fully saturated rings. The van der Waals surface area contributed by atoms with Gasteiger partial charge in [0.05, 0.1) is 34.6 Å². The molecule has 6 nitrogen and oxygen atoms in total. The third kappa shape index (κ3) is 9.19. The second-order valence-corrected chi connectivity index (χ2v) is 7.50. The van der Waals surface area contributed by atoms with Crippen LogP contribution in [0.3, 0.4) is 0 Å². The van der Waals surface area contributed by atoms with E-state index in [1.807, 2.05) is 12.1 Å². The number of nitrogens with two attached hydrogens (primary N) is 1. The van der Waals surface area contributed by atoms with Gasteiger partial charge in [0.25, 0.3) is 0 Å². The lowest BCUT2D eigenvalue weighted by atomic mass is 10.1. The number of hydrogen-bond donors (Lipinski definition) is 3. The highest BCUT2D eigenvalue weighted by atomic mass is 35.5. The summed E-state index contributed by atoms with van der Waals surface area (Å²) in [5.41, 5.74) is 6.70. The molecule has 1 aromatic heterocycles. The zero-order chi connectivity index (χ0) is 20.9. The number of aromatic nitrogens is 1. The van der Waals surface area contributed by atoms with Crippen LogP contribution in [-0.4, -0.2) is 43.0 Å². The Morgan fingerprint density at radius 3 is 2.55 bits per heavy atom. The smallest absolute Gasteiger partial charge is 0.137 e. The summed E-state index contributed by atoms with van der Waals surface area (Å²) in [4.78, 5) is 3.99. The first kappa shape index (κ1) is 23.7. The van der Waals surface area contributed by atoms with Crippen molar-refractivity contribution < 1.29 is 14.6 Å². The summed E-state index contributed by atoms with van der Waals surface area (Å²) in [6.45, 7) is 3.13. The van der Waals surface area contributed by atoms with Gasteiger partial charge in [0.2, 0.25) is 0 Å². The maximum atomic E-state index is 10.2. The van der Waals surface area contributed by atoms with E-state index in [4.69, 9.17) is 38.4 Å². The number of rotatable bonds is 14. The van der Waals surface area contributed by atoms with Gasteiger partial charge in [-0.3, -0.25) is 4.98 Å². The van der Waals surface area contributed by atoms with Gasteiger partial charge in [0, 0.05) is 19.3 Å². The topological polar surface area (TPSA) is 89.6 Å². The standard InChI is InChI=1S/C21H29Cl2N3O3/c22-18-12-16(13-19(23)21(18)24)20(27)15-26-7-3-1-2-4-9-28-10-11-29-17-6-5-8-25-14-17/h5-6,8,12-14,20,26-27H,1-4,7,9-11,15,24H2. The number of nitrogens with zero attached hydrogens (tertiary/aromatic N) is 1. The molecule has 8 heteroatoms. The van der Waals surface area contributed by atoms with Gasteiger partial charge in [-0.1, -0.05) is 36.0 Å². The molecule has 1 heterocycles. The van der Waals surface area contributed by atoms with Crippen molar-refractivity contribution in [2.24, 2.45) is 0 Å². The van der Waals surface area contributed by atoms with E-state index in [9.17, 15) is 5.11 Å². The van der Waals surface area contributed by atoms with Crippen molar-refractivity contribution in [1.29, 1.82) is 0 Å². The molecule has 0 bridgehead atoms. The molecule has 1 atom stereocenters. The van der Waals surface area contributed by atoms with Gasteiger partial charge < -0.3 is 25.6 Å². The minimum absolute atomic E-state index is 0.335. The van der Waals surface area contributed by atoms with Gasteiger partial charge in [0.15, 0.2) is 0 Å². The first-order valence-corrected chi connectivity index (χ1v) is 10.6. The number of halogens is 2. The first-order valence-electron chi connectivity index (χ1n) is 9.81. The van der Waals surface area contributed by atoms with Crippen LogP contribution in [0.25, 0.3) is 0 Å². The Bertz CT molecular complexity index is 697. The zero-order valence-electron chi connectivity index (χ0n) is 16.4. The summed E-state index contributed by atoms with van der Waals surface area (Å²) >= 11 is 12.0. The number of pyridine rings is 1. The van der Waals surface area contributed by atoms with E-state index in [0.29, 0.717) is 41.1 Å². The van der Waals surface area contributed by atoms with Crippen LogP contribution >= 0.6 is 23.2 Å². The molecule has 29 heavy (non-hydrogen) atoms. The number of ether oxygens (including phenoxy) is 2. The average molecular weight is 442 g/mol. The maximum absolute atomic E-state index is 10.2. The molecular formula is C21H29Cl2N3O3. The SMILES string of the molecule is Nc1c(Cl)cc(C(O)CNCCCCCCOCCOc2cccnc2)cc1Cl. The van der Waals surface area contributed by atoms with Crippen LogP contribution in [0.4, 0.5) is 5.69 Å². The molecule has 4 N–H and O–H groups in total. The fraction of sp³-hybridized carbons (Fsp3) is 0.476. The molecule has 0 spiro atoms. The van der Waals surface area contributed by atoms with Gasteiger partial charge in [-0.25, -0.2) is 0 Å². The summed E-state index contributed by atoms with van der Waals surface area (Å²) in [5.74, 6) is 0.760. The quantitative estimate of drug-likeness (QED) is 0.299. The minimum atomic E-state index is -0.673. The normalized spacial score (nSPS) is 12.1. The highest BCUT2D eigenvalue weighted by molar-refractivity contribution is 6.38. The minimum Gasteiger partial charge on any atom is -0.490 e. The van der Waals surface area contributed by atoms with Crippen molar-refractivity contribution in [3.05, 3.63) is 52.3 Å². The van der Waals surface area contributed by atoms with Crippen molar-refractivity contribution in [3.8, 4) is 5.75 Å². The molecule has 0 aliphatic rings. The van der Waals surface area contributed by atoms with Crippen LogP contribution in [0.5, 0.6) is 5.75 Å². The van der Waals surface area contributed by atoms with E-state index in [2.05, 4.69) is 10.3 Å². The number of anilines is 1. The molecule has 0 saturated carbocycles. The Labute approximate surface area is 182 Å². The number of aliphatic hydroxyl groups is 1. The van der Waals surface area contributed by atoms with Crippen LogP contribution in [0.2, 0.25) is 10.0 Å². The monoisotopic (exact) mass is 441 g/mol. The average Bonchev–Trinajstić information content (AvgIpc) is 2.73. The molecule has 0 amide bonds. The van der Waals surface area contributed by atoms with Gasteiger partial charge in [-0.15, -0.1) is 0 Å². The van der Waals surface area contributed by atoms with E-state index < -0.39 is 6.10 Å². The Balaban J connectivity index is 1.42. The molecule has 0 saturated heterocycles. The highest BCUT2D eigenvalue weighted by Gasteiger charge is 2.11. The van der Waals surface area contributed by atoms with E-state index in [1.165, 1.54) is 0 Å². The predicted octanol–water partition coefficient (Wildman–Crippen LogP) is 4.25.